The van der Waals surface area contributed by atoms with E-state index in [1.54, 1.807) is 0 Å². The average Bonchev–Trinajstić information content (AvgIpc) is 3.76. The maximum atomic E-state index is 6.89. The molecule has 2 nitrogen and oxygen atoms in total. The Balaban J connectivity index is 0.967. The van der Waals surface area contributed by atoms with Gasteiger partial charge in [0, 0.05) is 22.1 Å². The number of rotatable bonds is 8. The molecule has 11 aromatic carbocycles. The highest BCUT2D eigenvalue weighted by Gasteiger charge is 2.21. The first-order valence-electron chi connectivity index (χ1n) is 21.9. The highest BCUT2D eigenvalue weighted by molar-refractivity contribution is 6.14. The van der Waals surface area contributed by atoms with E-state index in [0.717, 1.165) is 61.3 Å². The van der Waals surface area contributed by atoms with Gasteiger partial charge >= 0.3 is 0 Å². The first-order valence-corrected chi connectivity index (χ1v) is 21.9. The number of furan rings is 1. The van der Waals surface area contributed by atoms with Crippen LogP contribution in [0.15, 0.2) is 253 Å². The molecule has 0 radical (unpaired) electrons. The Morgan fingerprint density at radius 3 is 1.50 bits per heavy atom. The minimum Gasteiger partial charge on any atom is -0.454 e. The number of benzene rings is 11. The summed E-state index contributed by atoms with van der Waals surface area (Å²) in [6, 6.07) is 89.4. The molecule has 0 N–H and O–H groups in total. The molecule has 0 spiro atoms. The molecule has 64 heavy (non-hydrogen) atoms. The average molecular weight is 816 g/mol. The Kier molecular flexibility index (Phi) is 9.20. The van der Waals surface area contributed by atoms with Crippen molar-refractivity contribution in [2.75, 3.05) is 4.90 Å². The van der Waals surface area contributed by atoms with Gasteiger partial charge in [0.2, 0.25) is 0 Å². The van der Waals surface area contributed by atoms with Crippen molar-refractivity contribution in [3.8, 4) is 55.6 Å². The van der Waals surface area contributed by atoms with E-state index < -0.39 is 0 Å². The highest BCUT2D eigenvalue weighted by Crippen LogP contribution is 2.44. The molecule has 0 aliphatic heterocycles. The largest absolute Gasteiger partial charge is 0.454 e. The lowest BCUT2D eigenvalue weighted by Crippen LogP contribution is -2.10. The first kappa shape index (κ1) is 37.3. The number of para-hydroxylation sites is 1. The Morgan fingerprint density at radius 2 is 0.766 bits per heavy atom. The van der Waals surface area contributed by atoms with Crippen molar-refractivity contribution >= 4 is 60.5 Å². The van der Waals surface area contributed by atoms with E-state index in [1.807, 2.05) is 0 Å². The second-order valence-corrected chi connectivity index (χ2v) is 16.4. The van der Waals surface area contributed by atoms with Crippen LogP contribution in [0.3, 0.4) is 0 Å². The molecular formula is C62H41NO. The van der Waals surface area contributed by atoms with Crippen LogP contribution in [-0.4, -0.2) is 0 Å². The molecule has 0 aliphatic rings. The third-order valence-electron chi connectivity index (χ3n) is 12.7. The second kappa shape index (κ2) is 15.8. The zero-order valence-electron chi connectivity index (χ0n) is 35.0. The van der Waals surface area contributed by atoms with Crippen molar-refractivity contribution < 1.29 is 4.42 Å². The summed E-state index contributed by atoms with van der Waals surface area (Å²) < 4.78 is 6.89. The van der Waals surface area contributed by atoms with E-state index in [2.05, 4.69) is 254 Å². The van der Waals surface area contributed by atoms with Crippen molar-refractivity contribution in [2.24, 2.45) is 0 Å². The van der Waals surface area contributed by atoms with Crippen LogP contribution >= 0.6 is 0 Å². The van der Waals surface area contributed by atoms with Gasteiger partial charge in [-0.15, -0.1) is 0 Å². The molecular weight excluding hydrogens is 775 g/mol. The number of anilines is 3. The monoisotopic (exact) mass is 815 g/mol. The predicted molar refractivity (Wildman–Crippen MR) is 271 cm³/mol. The van der Waals surface area contributed by atoms with Crippen LogP contribution in [-0.2, 0) is 0 Å². The highest BCUT2D eigenvalue weighted by atomic mass is 16.3. The lowest BCUT2D eigenvalue weighted by Gasteiger charge is -2.26. The lowest BCUT2D eigenvalue weighted by molar-refractivity contribution is 0.669. The van der Waals surface area contributed by atoms with Crippen molar-refractivity contribution in [2.45, 2.75) is 0 Å². The zero-order valence-corrected chi connectivity index (χ0v) is 35.0. The van der Waals surface area contributed by atoms with Crippen molar-refractivity contribution in [3.63, 3.8) is 0 Å². The SMILES string of the molecule is c1ccc(-c2ccc3c(c2)oc2c(N(c4ccc(-c5cccc(-c6cc7ccccc7c7ccccc67)c5)cc4)c4ccc(-c5ccccc5-c5ccccc5)cc4)cccc23)cc1. The fourth-order valence-electron chi connectivity index (χ4n) is 9.55. The minimum atomic E-state index is 0.848. The van der Waals surface area contributed by atoms with E-state index in [1.165, 1.54) is 54.9 Å². The molecule has 1 heterocycles. The van der Waals surface area contributed by atoms with Gasteiger partial charge in [-0.05, 0) is 132 Å². The summed E-state index contributed by atoms with van der Waals surface area (Å²) in [6.45, 7) is 0. The summed E-state index contributed by atoms with van der Waals surface area (Å²) in [5, 5.41) is 7.24. The van der Waals surface area contributed by atoms with Gasteiger partial charge in [0.15, 0.2) is 5.58 Å². The van der Waals surface area contributed by atoms with Gasteiger partial charge in [0.25, 0.3) is 0 Å². The Hall–Kier alpha value is -8.46. The van der Waals surface area contributed by atoms with Crippen LogP contribution in [0.25, 0.3) is 99.1 Å². The lowest BCUT2D eigenvalue weighted by atomic mass is 9.92. The minimum absolute atomic E-state index is 0.848. The number of fused-ring (bicyclic) bond motifs is 6. The molecule has 1 aromatic heterocycles. The summed E-state index contributed by atoms with van der Waals surface area (Å²) in [4.78, 5) is 2.33. The molecule has 0 saturated carbocycles. The van der Waals surface area contributed by atoms with E-state index in [4.69, 9.17) is 4.42 Å². The van der Waals surface area contributed by atoms with Crippen molar-refractivity contribution in [1.29, 1.82) is 0 Å². The number of hydrogen-bond donors (Lipinski definition) is 0. The van der Waals surface area contributed by atoms with E-state index in [9.17, 15) is 0 Å². The fourth-order valence-corrected chi connectivity index (χ4v) is 9.55. The smallest absolute Gasteiger partial charge is 0.159 e. The molecule has 0 fully saturated rings. The Bertz CT molecular complexity index is 3640. The standard InChI is InChI=1S/C62H41NO/c1-3-15-42(16-4-1)47-33-38-57-58-27-14-28-60(62(58)64-61(57)41-47)63(51-36-31-45(32-37-51)53-23-10-9-22-52(53)44-17-5-2-6-18-44)50-34-29-43(30-35-50)46-20-13-21-48(39-46)59-40-49-19-7-8-24-54(49)55-25-11-12-26-56(55)59/h1-41H. The fraction of sp³-hybridized carbons (Fsp3) is 0. The third kappa shape index (κ3) is 6.61. The molecule has 0 amide bonds. The third-order valence-corrected chi connectivity index (χ3v) is 12.7. The van der Waals surface area contributed by atoms with Gasteiger partial charge in [0.1, 0.15) is 5.58 Å². The molecule has 0 saturated heterocycles. The molecule has 12 aromatic rings. The molecule has 0 atom stereocenters. The van der Waals surface area contributed by atoms with Gasteiger partial charge in [0.05, 0.1) is 5.69 Å². The van der Waals surface area contributed by atoms with Crippen LogP contribution in [0.2, 0.25) is 0 Å². The summed E-state index contributed by atoms with van der Waals surface area (Å²) in [6.07, 6.45) is 0. The van der Waals surface area contributed by atoms with Crippen LogP contribution in [0, 0.1) is 0 Å². The normalized spacial score (nSPS) is 11.4. The van der Waals surface area contributed by atoms with Gasteiger partial charge in [-0.1, -0.05) is 194 Å². The van der Waals surface area contributed by atoms with E-state index in [-0.39, 0.29) is 0 Å². The molecule has 12 rings (SSSR count). The van der Waals surface area contributed by atoms with Crippen LogP contribution < -0.4 is 4.90 Å². The summed E-state index contributed by atoms with van der Waals surface area (Å²) in [5.74, 6) is 0. The number of hydrogen-bond acceptors (Lipinski definition) is 2. The maximum absolute atomic E-state index is 6.89. The molecule has 0 unspecified atom stereocenters. The van der Waals surface area contributed by atoms with Crippen molar-refractivity contribution in [1.82, 2.24) is 0 Å². The number of nitrogens with zero attached hydrogens (tertiary/aromatic N) is 1. The van der Waals surface area contributed by atoms with E-state index in [0.29, 0.717) is 0 Å². The summed E-state index contributed by atoms with van der Waals surface area (Å²) in [5.41, 5.74) is 16.6. The Labute approximate surface area is 372 Å². The Morgan fingerprint density at radius 1 is 0.266 bits per heavy atom. The van der Waals surface area contributed by atoms with E-state index >= 15 is 0 Å². The van der Waals surface area contributed by atoms with Gasteiger partial charge in [-0.25, -0.2) is 0 Å². The maximum Gasteiger partial charge on any atom is 0.159 e. The second-order valence-electron chi connectivity index (χ2n) is 16.4. The van der Waals surface area contributed by atoms with Crippen LogP contribution in [0.4, 0.5) is 17.1 Å². The van der Waals surface area contributed by atoms with Gasteiger partial charge in [-0.3, -0.25) is 0 Å². The zero-order chi connectivity index (χ0) is 42.4. The first-order chi connectivity index (χ1) is 31.7. The van der Waals surface area contributed by atoms with Crippen LogP contribution in [0.1, 0.15) is 0 Å². The quantitative estimate of drug-likeness (QED) is 0.142. The molecule has 2 heteroatoms. The van der Waals surface area contributed by atoms with Gasteiger partial charge in [-0.2, -0.15) is 0 Å². The molecule has 0 bridgehead atoms. The predicted octanol–water partition coefficient (Wildman–Crippen LogP) is 17.7. The molecule has 300 valence electrons. The van der Waals surface area contributed by atoms with Gasteiger partial charge < -0.3 is 9.32 Å². The summed E-state index contributed by atoms with van der Waals surface area (Å²) in [7, 11) is 0. The van der Waals surface area contributed by atoms with Crippen molar-refractivity contribution in [3.05, 3.63) is 249 Å². The summed E-state index contributed by atoms with van der Waals surface area (Å²) >= 11 is 0. The molecule has 0 aliphatic carbocycles. The topological polar surface area (TPSA) is 16.4 Å². The van der Waals surface area contributed by atoms with Crippen LogP contribution in [0.5, 0.6) is 0 Å².